The Hall–Kier alpha value is -1.09. The van der Waals surface area contributed by atoms with Crippen LogP contribution >= 0.6 is 0 Å². The summed E-state index contributed by atoms with van der Waals surface area (Å²) < 4.78 is 18.9. The second kappa shape index (κ2) is 3.98. The van der Waals surface area contributed by atoms with Gasteiger partial charge in [-0.3, -0.25) is 0 Å². The lowest BCUT2D eigenvalue weighted by Crippen LogP contribution is -2.38. The van der Waals surface area contributed by atoms with Crippen LogP contribution in [0, 0.1) is 11.2 Å². The molecule has 1 heterocycles. The Morgan fingerprint density at radius 1 is 1.41 bits per heavy atom. The second-order valence-corrected chi connectivity index (χ2v) is 5.41. The first-order valence-corrected chi connectivity index (χ1v) is 6.27. The van der Waals surface area contributed by atoms with Crippen LogP contribution in [0.15, 0.2) is 18.2 Å². The largest absolute Gasteiger partial charge is 0.490 e. The maximum atomic E-state index is 13.1. The molecule has 1 aromatic rings. The van der Waals surface area contributed by atoms with Crippen LogP contribution in [0.3, 0.4) is 0 Å². The van der Waals surface area contributed by atoms with E-state index in [4.69, 9.17) is 4.74 Å². The van der Waals surface area contributed by atoms with E-state index in [0.29, 0.717) is 0 Å². The molecular formula is C14H17FO2. The molecule has 0 radical (unpaired) electrons. The Morgan fingerprint density at radius 3 is 2.88 bits per heavy atom. The van der Waals surface area contributed by atoms with Gasteiger partial charge in [-0.2, -0.15) is 0 Å². The molecule has 2 aliphatic rings. The number of hydrogen-bond donors (Lipinski definition) is 1. The van der Waals surface area contributed by atoms with Crippen LogP contribution in [0.25, 0.3) is 0 Å². The highest BCUT2D eigenvalue weighted by atomic mass is 19.1. The Bertz CT molecular complexity index is 421. The number of benzene rings is 1. The molecular weight excluding hydrogens is 219 g/mol. The Balaban J connectivity index is 1.70. The average Bonchev–Trinajstić information content (AvgIpc) is 2.65. The zero-order valence-corrected chi connectivity index (χ0v) is 9.79. The van der Waals surface area contributed by atoms with Gasteiger partial charge in [-0.25, -0.2) is 4.39 Å². The van der Waals surface area contributed by atoms with Crippen molar-refractivity contribution in [2.75, 3.05) is 6.61 Å². The van der Waals surface area contributed by atoms with Crippen molar-refractivity contribution in [3.8, 4) is 5.75 Å². The Morgan fingerprint density at radius 2 is 2.24 bits per heavy atom. The van der Waals surface area contributed by atoms with Gasteiger partial charge in [-0.1, -0.05) is 6.42 Å². The van der Waals surface area contributed by atoms with Crippen LogP contribution in [-0.2, 0) is 6.42 Å². The summed E-state index contributed by atoms with van der Waals surface area (Å²) in [5.74, 6) is 0.609. The first kappa shape index (κ1) is 11.0. The highest BCUT2D eigenvalue weighted by Gasteiger charge is 2.40. The number of aliphatic hydroxyl groups excluding tert-OH is 1. The minimum atomic E-state index is -0.200. The monoisotopic (exact) mass is 236 g/mol. The molecule has 0 aromatic heterocycles. The van der Waals surface area contributed by atoms with Gasteiger partial charge >= 0.3 is 0 Å². The highest BCUT2D eigenvalue weighted by Crippen LogP contribution is 2.46. The Labute approximate surface area is 100 Å². The van der Waals surface area contributed by atoms with Crippen LogP contribution in [0.5, 0.6) is 5.75 Å². The average molecular weight is 236 g/mol. The van der Waals surface area contributed by atoms with Gasteiger partial charge in [-0.05, 0) is 42.9 Å². The number of aliphatic hydroxyl groups is 1. The maximum absolute atomic E-state index is 13.1. The zero-order chi connectivity index (χ0) is 11.9. The van der Waals surface area contributed by atoms with Crippen LogP contribution < -0.4 is 4.74 Å². The van der Waals surface area contributed by atoms with E-state index < -0.39 is 0 Å². The van der Waals surface area contributed by atoms with Gasteiger partial charge in [0.25, 0.3) is 0 Å². The molecule has 1 saturated carbocycles. The molecule has 3 heteroatoms. The second-order valence-electron chi connectivity index (χ2n) is 5.41. The molecule has 0 amide bonds. The van der Waals surface area contributed by atoms with Crippen molar-refractivity contribution in [2.24, 2.45) is 5.41 Å². The normalized spacial score (nSPS) is 24.9. The van der Waals surface area contributed by atoms with E-state index >= 15 is 0 Å². The van der Waals surface area contributed by atoms with Crippen molar-refractivity contribution in [1.82, 2.24) is 0 Å². The molecule has 1 aromatic carbocycles. The van der Waals surface area contributed by atoms with Crippen LogP contribution in [0.1, 0.15) is 31.2 Å². The summed E-state index contributed by atoms with van der Waals surface area (Å²) in [5, 5.41) is 9.44. The molecule has 1 aliphatic heterocycles. The minimum absolute atomic E-state index is 0.0747. The van der Waals surface area contributed by atoms with E-state index in [2.05, 4.69) is 0 Å². The smallest absolute Gasteiger partial charge is 0.123 e. The topological polar surface area (TPSA) is 29.5 Å². The fourth-order valence-electron chi connectivity index (χ4n) is 2.99. The molecule has 17 heavy (non-hydrogen) atoms. The highest BCUT2D eigenvalue weighted by molar-refractivity contribution is 5.37. The number of hydrogen-bond acceptors (Lipinski definition) is 2. The number of ether oxygens (including phenoxy) is 1. The molecule has 0 bridgehead atoms. The lowest BCUT2D eigenvalue weighted by molar-refractivity contribution is 0.00501. The van der Waals surface area contributed by atoms with Gasteiger partial charge in [-0.15, -0.1) is 0 Å². The summed E-state index contributed by atoms with van der Waals surface area (Å²) in [4.78, 5) is 0. The minimum Gasteiger partial charge on any atom is -0.490 e. The molecule has 0 spiro atoms. The van der Waals surface area contributed by atoms with E-state index in [1.54, 1.807) is 12.1 Å². The lowest BCUT2D eigenvalue weighted by atomic mass is 9.66. The number of fused-ring (bicyclic) bond motifs is 1. The van der Waals surface area contributed by atoms with Crippen molar-refractivity contribution < 1.29 is 14.2 Å². The van der Waals surface area contributed by atoms with Crippen LogP contribution in [0.4, 0.5) is 4.39 Å². The van der Waals surface area contributed by atoms with Gasteiger partial charge in [0.15, 0.2) is 0 Å². The molecule has 2 nitrogen and oxygen atoms in total. The van der Waals surface area contributed by atoms with E-state index in [1.807, 2.05) is 0 Å². The van der Waals surface area contributed by atoms with Crippen molar-refractivity contribution in [3.05, 3.63) is 29.6 Å². The molecule has 1 unspecified atom stereocenters. The van der Waals surface area contributed by atoms with E-state index in [9.17, 15) is 9.50 Å². The summed E-state index contributed by atoms with van der Waals surface area (Å²) in [5.41, 5.74) is 1.04. The third-order valence-corrected chi connectivity index (χ3v) is 4.17. The van der Waals surface area contributed by atoms with Gasteiger partial charge in [0.2, 0.25) is 0 Å². The number of halogens is 1. The third-order valence-electron chi connectivity index (χ3n) is 4.17. The lowest BCUT2D eigenvalue weighted by Gasteiger charge is -2.41. The van der Waals surface area contributed by atoms with Crippen molar-refractivity contribution >= 4 is 0 Å². The predicted molar refractivity (Wildman–Crippen MR) is 62.5 cm³/mol. The van der Waals surface area contributed by atoms with Crippen molar-refractivity contribution in [3.63, 3.8) is 0 Å². The van der Waals surface area contributed by atoms with Crippen LogP contribution in [-0.4, -0.2) is 17.8 Å². The first-order valence-electron chi connectivity index (χ1n) is 6.27. The maximum Gasteiger partial charge on any atom is 0.123 e. The fourth-order valence-corrected chi connectivity index (χ4v) is 2.99. The summed E-state index contributed by atoms with van der Waals surface area (Å²) >= 11 is 0. The summed E-state index contributed by atoms with van der Waals surface area (Å²) in [7, 11) is 0. The molecule has 1 atom stereocenters. The Kier molecular flexibility index (Phi) is 2.58. The summed E-state index contributed by atoms with van der Waals surface area (Å²) in [6, 6.07) is 4.70. The predicted octanol–water partition coefficient (Wildman–Crippen LogP) is 2.68. The van der Waals surface area contributed by atoms with Crippen molar-refractivity contribution in [2.45, 2.75) is 38.2 Å². The SMILES string of the molecule is OCC1(CC2Cc3cc(F)ccc3O2)CCC1. The molecule has 1 N–H and O–H groups in total. The van der Waals surface area contributed by atoms with Crippen LogP contribution in [0.2, 0.25) is 0 Å². The molecule has 0 saturated heterocycles. The standard InChI is InChI=1S/C14H17FO2/c15-11-2-3-13-10(6-11)7-12(17-13)8-14(9-16)4-1-5-14/h2-3,6,12,16H,1,4-5,7-9H2. The molecule has 92 valence electrons. The van der Waals surface area contributed by atoms with Gasteiger partial charge in [0.1, 0.15) is 17.7 Å². The quantitative estimate of drug-likeness (QED) is 0.874. The van der Waals surface area contributed by atoms with E-state index in [1.165, 1.54) is 12.5 Å². The molecule has 1 aliphatic carbocycles. The van der Waals surface area contributed by atoms with Gasteiger partial charge in [0.05, 0.1) is 0 Å². The molecule has 3 rings (SSSR count). The number of rotatable bonds is 3. The van der Waals surface area contributed by atoms with E-state index in [-0.39, 0.29) is 23.9 Å². The molecule has 1 fully saturated rings. The third kappa shape index (κ3) is 1.93. The van der Waals surface area contributed by atoms with Crippen molar-refractivity contribution in [1.29, 1.82) is 0 Å². The van der Waals surface area contributed by atoms with E-state index in [0.717, 1.165) is 37.0 Å². The van der Waals surface area contributed by atoms with Gasteiger partial charge < -0.3 is 9.84 Å². The zero-order valence-electron chi connectivity index (χ0n) is 9.79. The fraction of sp³-hybridized carbons (Fsp3) is 0.571. The van der Waals surface area contributed by atoms with Gasteiger partial charge in [0, 0.05) is 18.6 Å². The summed E-state index contributed by atoms with van der Waals surface area (Å²) in [6.07, 6.45) is 5.16. The first-order chi connectivity index (χ1) is 8.21. The summed E-state index contributed by atoms with van der Waals surface area (Å²) in [6.45, 7) is 0.248.